The Kier molecular flexibility index (Phi) is 5.00. The van der Waals surface area contributed by atoms with Crippen molar-refractivity contribution in [1.82, 2.24) is 4.98 Å². The number of anilines is 2. The minimum Gasteiger partial charge on any atom is -0.492 e. The van der Waals surface area contributed by atoms with Crippen molar-refractivity contribution in [2.45, 2.75) is 20.3 Å². The van der Waals surface area contributed by atoms with E-state index in [1.165, 1.54) is 11.3 Å². The van der Waals surface area contributed by atoms with Crippen molar-refractivity contribution in [2.24, 2.45) is 5.92 Å². The lowest BCUT2D eigenvalue weighted by atomic mass is 10.1. The number of carbonyl (C=O) groups excluding carboxylic acids is 2. The van der Waals surface area contributed by atoms with Crippen molar-refractivity contribution >= 4 is 44.2 Å². The van der Waals surface area contributed by atoms with Gasteiger partial charge in [-0.05, 0) is 37.6 Å². The quantitative estimate of drug-likeness (QED) is 0.709. The Hall–Kier alpha value is -2.93. The number of rotatable bonds is 5. The normalized spacial score (nSPS) is 16.6. The Morgan fingerprint density at radius 2 is 2.11 bits per heavy atom. The number of aromatic nitrogens is 1. The van der Waals surface area contributed by atoms with E-state index in [0.29, 0.717) is 24.0 Å². The highest BCUT2D eigenvalue weighted by Gasteiger charge is 2.36. The van der Waals surface area contributed by atoms with Gasteiger partial charge in [-0.2, -0.15) is 0 Å². The lowest BCUT2D eigenvalue weighted by Crippen LogP contribution is -2.28. The van der Waals surface area contributed by atoms with E-state index in [-0.39, 0.29) is 18.2 Å². The van der Waals surface area contributed by atoms with Gasteiger partial charge >= 0.3 is 0 Å². The van der Waals surface area contributed by atoms with E-state index < -0.39 is 5.92 Å². The fourth-order valence-electron chi connectivity index (χ4n) is 3.44. The van der Waals surface area contributed by atoms with Gasteiger partial charge in [0.1, 0.15) is 11.3 Å². The fraction of sp³-hybridized carbons (Fsp3) is 0.286. The number of nitrogens with one attached hydrogen (secondary N) is 1. The predicted octanol–water partition coefficient (Wildman–Crippen LogP) is 4.00. The molecule has 1 aliphatic heterocycles. The Balaban J connectivity index is 1.50. The SMILES string of the molecule is CCOc1cccc2sc(NC(=O)[C@@H]3CC(=O)N(c4ccccc4C)C3)nc12. The number of hydrogen-bond donors (Lipinski definition) is 1. The summed E-state index contributed by atoms with van der Waals surface area (Å²) in [6.07, 6.45) is 0.204. The number of ether oxygens (including phenoxy) is 1. The second kappa shape index (κ2) is 7.59. The van der Waals surface area contributed by atoms with Crippen molar-refractivity contribution < 1.29 is 14.3 Å². The van der Waals surface area contributed by atoms with Gasteiger partial charge < -0.3 is 15.0 Å². The molecule has 1 aromatic heterocycles. The van der Waals surface area contributed by atoms with Crippen LogP contribution in [0.15, 0.2) is 42.5 Å². The molecule has 1 fully saturated rings. The van der Waals surface area contributed by atoms with Crippen molar-refractivity contribution in [3.05, 3.63) is 48.0 Å². The number of para-hydroxylation sites is 2. The number of nitrogens with zero attached hydrogens (tertiary/aromatic N) is 2. The average molecular weight is 395 g/mol. The highest BCUT2D eigenvalue weighted by Crippen LogP contribution is 2.33. The number of carbonyl (C=O) groups is 2. The molecule has 2 amide bonds. The standard InChI is InChI=1S/C21H21N3O3S/c1-3-27-16-9-6-10-17-19(16)22-21(28-17)23-20(26)14-11-18(25)24(12-14)15-8-5-4-7-13(15)2/h4-10,14H,3,11-12H2,1-2H3,(H,22,23,26)/t14-/m1/s1. The summed E-state index contributed by atoms with van der Waals surface area (Å²) in [6.45, 7) is 4.82. The van der Waals surface area contributed by atoms with Gasteiger partial charge in [0.05, 0.1) is 17.2 Å². The molecule has 1 saturated heterocycles. The van der Waals surface area contributed by atoms with E-state index in [2.05, 4.69) is 10.3 Å². The van der Waals surface area contributed by atoms with E-state index in [4.69, 9.17) is 4.74 Å². The average Bonchev–Trinajstić information content (AvgIpc) is 3.26. The van der Waals surface area contributed by atoms with E-state index in [0.717, 1.165) is 21.5 Å². The first-order valence-electron chi connectivity index (χ1n) is 9.26. The van der Waals surface area contributed by atoms with E-state index in [1.54, 1.807) is 4.90 Å². The van der Waals surface area contributed by atoms with Crippen molar-refractivity contribution in [3.63, 3.8) is 0 Å². The first kappa shape index (κ1) is 18.4. The maximum Gasteiger partial charge on any atom is 0.231 e. The van der Waals surface area contributed by atoms with Gasteiger partial charge in [-0.1, -0.05) is 35.6 Å². The molecule has 0 aliphatic carbocycles. The number of thiazole rings is 1. The van der Waals surface area contributed by atoms with Gasteiger partial charge in [0.25, 0.3) is 0 Å². The molecule has 0 unspecified atom stereocenters. The molecule has 1 N–H and O–H groups in total. The van der Waals surface area contributed by atoms with Crippen LogP contribution in [-0.4, -0.2) is 29.9 Å². The van der Waals surface area contributed by atoms with Gasteiger partial charge in [0.2, 0.25) is 11.8 Å². The monoisotopic (exact) mass is 395 g/mol. The molecule has 7 heteroatoms. The lowest BCUT2D eigenvalue weighted by molar-refractivity contribution is -0.122. The fourth-order valence-corrected chi connectivity index (χ4v) is 4.32. The van der Waals surface area contributed by atoms with E-state index in [1.807, 2.05) is 56.3 Å². The molecule has 28 heavy (non-hydrogen) atoms. The zero-order valence-electron chi connectivity index (χ0n) is 15.8. The Bertz CT molecular complexity index is 1050. The minimum atomic E-state index is -0.398. The lowest BCUT2D eigenvalue weighted by Gasteiger charge is -2.18. The molecule has 0 saturated carbocycles. The van der Waals surface area contributed by atoms with Crippen LogP contribution in [-0.2, 0) is 9.59 Å². The summed E-state index contributed by atoms with van der Waals surface area (Å²) < 4.78 is 6.56. The first-order chi connectivity index (χ1) is 13.6. The van der Waals surface area contributed by atoms with Crippen LogP contribution in [0.2, 0.25) is 0 Å². The number of benzene rings is 2. The van der Waals surface area contributed by atoms with Crippen LogP contribution in [0, 0.1) is 12.8 Å². The van der Waals surface area contributed by atoms with Crippen LogP contribution in [0.3, 0.4) is 0 Å². The van der Waals surface area contributed by atoms with Crippen LogP contribution in [0.4, 0.5) is 10.8 Å². The molecule has 4 rings (SSSR count). The van der Waals surface area contributed by atoms with Gasteiger partial charge in [-0.15, -0.1) is 0 Å². The second-order valence-corrected chi connectivity index (χ2v) is 7.77. The highest BCUT2D eigenvalue weighted by atomic mass is 32.1. The zero-order chi connectivity index (χ0) is 19.7. The van der Waals surface area contributed by atoms with Crippen LogP contribution in [0.5, 0.6) is 5.75 Å². The molecule has 0 radical (unpaired) electrons. The van der Waals surface area contributed by atoms with Crippen LogP contribution < -0.4 is 15.0 Å². The van der Waals surface area contributed by atoms with Crippen molar-refractivity contribution in [1.29, 1.82) is 0 Å². The van der Waals surface area contributed by atoms with Crippen LogP contribution in [0.25, 0.3) is 10.2 Å². The maximum absolute atomic E-state index is 12.8. The molecule has 6 nitrogen and oxygen atoms in total. The van der Waals surface area contributed by atoms with Crippen LogP contribution in [0.1, 0.15) is 18.9 Å². The van der Waals surface area contributed by atoms with E-state index >= 15 is 0 Å². The van der Waals surface area contributed by atoms with Crippen molar-refractivity contribution in [2.75, 3.05) is 23.4 Å². The third-order valence-electron chi connectivity index (χ3n) is 4.81. The predicted molar refractivity (Wildman–Crippen MR) is 111 cm³/mol. The van der Waals surface area contributed by atoms with E-state index in [9.17, 15) is 9.59 Å². The smallest absolute Gasteiger partial charge is 0.231 e. The zero-order valence-corrected chi connectivity index (χ0v) is 16.6. The molecule has 1 atom stereocenters. The molecular weight excluding hydrogens is 374 g/mol. The third-order valence-corrected chi connectivity index (χ3v) is 5.75. The maximum atomic E-state index is 12.8. The molecule has 2 aromatic carbocycles. The largest absolute Gasteiger partial charge is 0.492 e. The molecule has 2 heterocycles. The summed E-state index contributed by atoms with van der Waals surface area (Å²) in [4.78, 5) is 31.4. The summed E-state index contributed by atoms with van der Waals surface area (Å²) in [5, 5.41) is 3.41. The van der Waals surface area contributed by atoms with Gasteiger partial charge in [-0.3, -0.25) is 9.59 Å². The molecule has 1 aliphatic rings. The Labute approximate surface area is 167 Å². The van der Waals surface area contributed by atoms with Crippen LogP contribution >= 0.6 is 11.3 Å². The number of aryl methyl sites for hydroxylation is 1. The molecule has 0 bridgehead atoms. The topological polar surface area (TPSA) is 71.5 Å². The Morgan fingerprint density at radius 3 is 2.89 bits per heavy atom. The summed E-state index contributed by atoms with van der Waals surface area (Å²) in [5.41, 5.74) is 2.63. The summed E-state index contributed by atoms with van der Waals surface area (Å²) in [6, 6.07) is 13.4. The molecule has 0 spiro atoms. The highest BCUT2D eigenvalue weighted by molar-refractivity contribution is 7.22. The van der Waals surface area contributed by atoms with Crippen molar-refractivity contribution in [3.8, 4) is 5.75 Å². The number of hydrogen-bond acceptors (Lipinski definition) is 5. The summed E-state index contributed by atoms with van der Waals surface area (Å²) in [5.74, 6) is 0.0998. The molecule has 3 aromatic rings. The number of fused-ring (bicyclic) bond motifs is 1. The minimum absolute atomic E-state index is 0.0302. The van der Waals surface area contributed by atoms with Gasteiger partial charge in [0, 0.05) is 18.7 Å². The third kappa shape index (κ3) is 3.45. The molecule has 144 valence electrons. The Morgan fingerprint density at radius 1 is 1.29 bits per heavy atom. The number of amides is 2. The summed E-state index contributed by atoms with van der Waals surface area (Å²) in [7, 11) is 0. The van der Waals surface area contributed by atoms with Gasteiger partial charge in [-0.25, -0.2) is 4.98 Å². The molecular formula is C21H21N3O3S. The first-order valence-corrected chi connectivity index (χ1v) is 10.1. The van der Waals surface area contributed by atoms with Gasteiger partial charge in [0.15, 0.2) is 5.13 Å². The second-order valence-electron chi connectivity index (χ2n) is 6.74. The summed E-state index contributed by atoms with van der Waals surface area (Å²) >= 11 is 1.40.